The molecule has 32 heavy (non-hydrogen) atoms. The van der Waals surface area contributed by atoms with Crippen LogP contribution < -0.4 is 0 Å². The van der Waals surface area contributed by atoms with Crippen molar-refractivity contribution >= 4 is 43.6 Å². The molecule has 0 fully saturated rings. The molecule has 2 heteroatoms. The second-order valence-electron chi connectivity index (χ2n) is 8.16. The molecule has 150 valence electrons. The van der Waals surface area contributed by atoms with E-state index in [2.05, 4.69) is 100 Å². The molecule has 7 aromatic rings. The Morgan fingerprint density at radius 2 is 0.844 bits per heavy atom. The molecule has 0 N–H and O–H groups in total. The van der Waals surface area contributed by atoms with E-state index >= 15 is 0 Å². The van der Waals surface area contributed by atoms with Crippen LogP contribution >= 0.6 is 0 Å². The van der Waals surface area contributed by atoms with E-state index in [4.69, 9.17) is 1.37 Å². The van der Waals surface area contributed by atoms with Crippen LogP contribution in [0.15, 0.2) is 121 Å². The van der Waals surface area contributed by atoms with Crippen molar-refractivity contribution in [3.63, 3.8) is 0 Å². The van der Waals surface area contributed by atoms with Gasteiger partial charge < -0.3 is 9.13 Å². The van der Waals surface area contributed by atoms with Gasteiger partial charge in [0.25, 0.3) is 0 Å². The minimum Gasteiger partial charge on any atom is -0.307 e. The lowest BCUT2D eigenvalue weighted by molar-refractivity contribution is 1.15. The standard InChI is InChI=1S/C30H20N2/c1-3-11-21(12-4-1)31-27-17-9-7-15-23(27)25-19-20-26-24-16-8-10-18-28(24)32(30(26)29(25)31)22-13-5-2-6-14-22/h1-20H/i1T. The third-order valence-corrected chi connectivity index (χ3v) is 6.44. The lowest BCUT2D eigenvalue weighted by atomic mass is 10.1. The SMILES string of the molecule is [3H]c1ccc(-n2c3ccccc3c3ccc4c5ccccc5n(-c5ccccc5)c4c32)cc1. The first-order valence-corrected chi connectivity index (χ1v) is 10.9. The summed E-state index contributed by atoms with van der Waals surface area (Å²) >= 11 is 0. The number of hydrogen-bond acceptors (Lipinski definition) is 0. The minimum atomic E-state index is 0.517. The monoisotopic (exact) mass is 410 g/mol. The summed E-state index contributed by atoms with van der Waals surface area (Å²) in [6.45, 7) is 0. The van der Waals surface area contributed by atoms with Crippen molar-refractivity contribution in [2.45, 2.75) is 0 Å². The fourth-order valence-electron chi connectivity index (χ4n) is 5.14. The van der Waals surface area contributed by atoms with Crippen LogP contribution in [0, 0.1) is 0 Å². The summed E-state index contributed by atoms with van der Waals surface area (Å²) < 4.78 is 12.7. The van der Waals surface area contributed by atoms with E-state index in [9.17, 15) is 0 Å². The van der Waals surface area contributed by atoms with Crippen LogP contribution in [0.2, 0.25) is 0 Å². The van der Waals surface area contributed by atoms with Crippen LogP contribution in [-0.2, 0) is 0 Å². The van der Waals surface area contributed by atoms with Gasteiger partial charge in [0.2, 0.25) is 0 Å². The first-order valence-electron chi connectivity index (χ1n) is 11.4. The molecule has 0 saturated carbocycles. The van der Waals surface area contributed by atoms with Crippen LogP contribution in [0.5, 0.6) is 0 Å². The van der Waals surface area contributed by atoms with Gasteiger partial charge in [0.05, 0.1) is 23.4 Å². The van der Waals surface area contributed by atoms with Gasteiger partial charge in [0, 0.05) is 32.9 Å². The van der Waals surface area contributed by atoms with Crippen molar-refractivity contribution in [3.05, 3.63) is 121 Å². The molecule has 5 aromatic carbocycles. The lowest BCUT2D eigenvalue weighted by Crippen LogP contribution is -1.98. The topological polar surface area (TPSA) is 9.86 Å². The average molecular weight is 411 g/mol. The van der Waals surface area contributed by atoms with Gasteiger partial charge in [-0.3, -0.25) is 0 Å². The maximum atomic E-state index is 7.98. The quantitative estimate of drug-likeness (QED) is 0.274. The minimum absolute atomic E-state index is 0.517. The Balaban J connectivity index is 1.78. The van der Waals surface area contributed by atoms with E-state index in [0.29, 0.717) is 6.04 Å². The van der Waals surface area contributed by atoms with Gasteiger partial charge in [-0.2, -0.15) is 0 Å². The highest BCUT2D eigenvalue weighted by Crippen LogP contribution is 2.41. The van der Waals surface area contributed by atoms with Crippen LogP contribution in [0.4, 0.5) is 0 Å². The fourth-order valence-corrected chi connectivity index (χ4v) is 5.14. The molecular formula is C30H20N2. The van der Waals surface area contributed by atoms with Crippen molar-refractivity contribution in [2.24, 2.45) is 0 Å². The van der Waals surface area contributed by atoms with E-state index in [1.807, 2.05) is 24.3 Å². The highest BCUT2D eigenvalue weighted by Gasteiger charge is 2.20. The molecule has 0 aliphatic heterocycles. The molecule has 7 rings (SSSR count). The molecule has 0 radical (unpaired) electrons. The summed E-state index contributed by atoms with van der Waals surface area (Å²) in [7, 11) is 0. The first-order chi connectivity index (χ1) is 16.3. The average Bonchev–Trinajstić information content (AvgIpc) is 3.38. The van der Waals surface area contributed by atoms with E-state index in [-0.39, 0.29) is 0 Å². The number of nitrogens with zero attached hydrogens (tertiary/aromatic N) is 2. The number of para-hydroxylation sites is 4. The Bertz CT molecular complexity index is 1810. The second-order valence-corrected chi connectivity index (χ2v) is 8.16. The maximum Gasteiger partial charge on any atom is 0.0788 e. The summed E-state index contributed by atoms with van der Waals surface area (Å²) in [5.74, 6) is 0. The number of fused-ring (bicyclic) bond motifs is 7. The maximum absolute atomic E-state index is 7.98. The molecule has 0 aliphatic carbocycles. The van der Waals surface area contributed by atoms with Gasteiger partial charge in [0.15, 0.2) is 0 Å². The predicted molar refractivity (Wildman–Crippen MR) is 135 cm³/mol. The number of aromatic nitrogens is 2. The van der Waals surface area contributed by atoms with Gasteiger partial charge >= 0.3 is 0 Å². The molecule has 0 bridgehead atoms. The van der Waals surface area contributed by atoms with Gasteiger partial charge in [-0.1, -0.05) is 84.9 Å². The Morgan fingerprint density at radius 3 is 1.38 bits per heavy atom. The van der Waals surface area contributed by atoms with Crippen LogP contribution in [0.1, 0.15) is 1.37 Å². The smallest absolute Gasteiger partial charge is 0.0788 e. The van der Waals surface area contributed by atoms with Gasteiger partial charge in [0.1, 0.15) is 0 Å². The Morgan fingerprint density at radius 1 is 0.406 bits per heavy atom. The molecule has 0 atom stereocenters. The highest BCUT2D eigenvalue weighted by molar-refractivity contribution is 6.23. The van der Waals surface area contributed by atoms with E-state index in [0.717, 1.165) is 11.4 Å². The van der Waals surface area contributed by atoms with Crippen LogP contribution in [-0.4, -0.2) is 9.13 Å². The second kappa shape index (κ2) is 6.60. The normalized spacial score (nSPS) is 12.2. The lowest BCUT2D eigenvalue weighted by Gasteiger charge is -2.12. The summed E-state index contributed by atoms with van der Waals surface area (Å²) in [6.07, 6.45) is 0. The van der Waals surface area contributed by atoms with Gasteiger partial charge in [-0.15, -0.1) is 0 Å². The zero-order valence-corrected chi connectivity index (χ0v) is 17.4. The van der Waals surface area contributed by atoms with Crippen LogP contribution in [0.3, 0.4) is 0 Å². The van der Waals surface area contributed by atoms with Gasteiger partial charge in [-0.25, -0.2) is 0 Å². The number of benzene rings is 5. The van der Waals surface area contributed by atoms with Crippen molar-refractivity contribution in [3.8, 4) is 11.4 Å². The summed E-state index contributed by atoms with van der Waals surface area (Å²) in [6, 6.07) is 40.7. The summed E-state index contributed by atoms with van der Waals surface area (Å²) in [5.41, 5.74) is 6.97. The Kier molecular flexibility index (Phi) is 3.38. The molecule has 2 nitrogen and oxygen atoms in total. The van der Waals surface area contributed by atoms with Crippen molar-refractivity contribution in [1.29, 1.82) is 0 Å². The van der Waals surface area contributed by atoms with Crippen molar-refractivity contribution in [2.75, 3.05) is 0 Å². The van der Waals surface area contributed by atoms with E-state index in [1.165, 1.54) is 43.6 Å². The first kappa shape index (κ1) is 16.4. The van der Waals surface area contributed by atoms with Gasteiger partial charge in [-0.05, 0) is 36.4 Å². The molecule has 2 heterocycles. The zero-order chi connectivity index (χ0) is 21.9. The fraction of sp³-hybridized carbons (Fsp3) is 0. The number of rotatable bonds is 2. The highest BCUT2D eigenvalue weighted by atomic mass is 15.0. The molecule has 0 spiro atoms. The summed E-state index contributed by atoms with van der Waals surface area (Å²) in [5, 5.41) is 4.95. The molecule has 0 amide bonds. The Hall–Kier alpha value is -4.30. The zero-order valence-electron chi connectivity index (χ0n) is 18.4. The summed E-state index contributed by atoms with van der Waals surface area (Å²) in [4.78, 5) is 0. The van der Waals surface area contributed by atoms with E-state index in [1.54, 1.807) is 0 Å². The predicted octanol–water partition coefficient (Wildman–Crippen LogP) is 7.88. The largest absolute Gasteiger partial charge is 0.307 e. The number of hydrogen-bond donors (Lipinski definition) is 0. The van der Waals surface area contributed by atoms with Crippen molar-refractivity contribution in [1.82, 2.24) is 9.13 Å². The van der Waals surface area contributed by atoms with Crippen LogP contribution in [0.25, 0.3) is 55.0 Å². The molecular weight excluding hydrogens is 388 g/mol. The molecule has 2 aromatic heterocycles. The molecule has 0 aliphatic rings. The molecule has 0 saturated heterocycles. The third-order valence-electron chi connectivity index (χ3n) is 6.44. The van der Waals surface area contributed by atoms with Crippen molar-refractivity contribution < 1.29 is 1.37 Å². The van der Waals surface area contributed by atoms with E-state index < -0.39 is 0 Å². The third kappa shape index (κ3) is 2.29. The Labute approximate surface area is 187 Å². The molecule has 0 unspecified atom stereocenters.